The van der Waals surface area contributed by atoms with Crippen molar-refractivity contribution in [1.82, 2.24) is 10.2 Å². The van der Waals surface area contributed by atoms with Crippen LogP contribution in [0.25, 0.3) is 0 Å². The van der Waals surface area contributed by atoms with Crippen molar-refractivity contribution >= 4 is 0 Å². The number of likely N-dealkylation sites (tertiary alicyclic amines) is 1. The van der Waals surface area contributed by atoms with Crippen LogP contribution in [0.2, 0.25) is 0 Å². The molecule has 20 heavy (non-hydrogen) atoms. The van der Waals surface area contributed by atoms with Crippen LogP contribution in [-0.2, 0) is 6.42 Å². The average molecular weight is 276 g/mol. The normalized spacial score (nSPS) is 17.9. The molecule has 1 heterocycles. The van der Waals surface area contributed by atoms with Crippen molar-refractivity contribution in [3.05, 3.63) is 29.8 Å². The Balaban J connectivity index is 1.63. The molecule has 3 nitrogen and oxygen atoms in total. The van der Waals surface area contributed by atoms with E-state index in [4.69, 9.17) is 4.74 Å². The standard InChI is InChI=1S/C17H28N2O/c1-15(14-19-12-4-3-5-13-19)18-11-10-16-6-8-17(20-2)9-7-16/h6-9,15,18H,3-5,10-14H2,1-2H3. The van der Waals surface area contributed by atoms with Gasteiger partial charge in [0, 0.05) is 12.6 Å². The highest BCUT2D eigenvalue weighted by Gasteiger charge is 2.12. The SMILES string of the molecule is COc1ccc(CCNC(C)CN2CCCCC2)cc1. The van der Waals surface area contributed by atoms with Gasteiger partial charge in [-0.1, -0.05) is 18.6 Å². The second-order valence-electron chi connectivity index (χ2n) is 5.81. The summed E-state index contributed by atoms with van der Waals surface area (Å²) < 4.78 is 5.18. The van der Waals surface area contributed by atoms with Crippen molar-refractivity contribution in [3.8, 4) is 5.75 Å². The van der Waals surface area contributed by atoms with E-state index in [0.29, 0.717) is 6.04 Å². The van der Waals surface area contributed by atoms with Gasteiger partial charge in [-0.15, -0.1) is 0 Å². The molecule has 2 rings (SSSR count). The summed E-state index contributed by atoms with van der Waals surface area (Å²) in [5.41, 5.74) is 1.36. The predicted molar refractivity (Wildman–Crippen MR) is 84.5 cm³/mol. The van der Waals surface area contributed by atoms with Crippen molar-refractivity contribution in [2.45, 2.75) is 38.6 Å². The lowest BCUT2D eigenvalue weighted by atomic mass is 10.1. The van der Waals surface area contributed by atoms with E-state index in [0.717, 1.165) is 18.7 Å². The molecule has 1 unspecified atom stereocenters. The molecule has 0 bridgehead atoms. The number of nitrogens with zero attached hydrogens (tertiary/aromatic N) is 1. The molecule has 1 fully saturated rings. The zero-order chi connectivity index (χ0) is 14.2. The Morgan fingerprint density at radius 3 is 2.50 bits per heavy atom. The summed E-state index contributed by atoms with van der Waals surface area (Å²) in [6, 6.07) is 8.94. The number of hydrogen-bond donors (Lipinski definition) is 1. The van der Waals surface area contributed by atoms with Gasteiger partial charge in [-0.2, -0.15) is 0 Å². The van der Waals surface area contributed by atoms with E-state index in [-0.39, 0.29) is 0 Å². The van der Waals surface area contributed by atoms with Crippen LogP contribution < -0.4 is 10.1 Å². The Hall–Kier alpha value is -1.06. The van der Waals surface area contributed by atoms with E-state index in [1.807, 2.05) is 12.1 Å². The highest BCUT2D eigenvalue weighted by atomic mass is 16.5. The molecular weight excluding hydrogens is 248 g/mol. The Morgan fingerprint density at radius 2 is 1.85 bits per heavy atom. The molecule has 3 heteroatoms. The Bertz CT molecular complexity index is 371. The Morgan fingerprint density at radius 1 is 1.15 bits per heavy atom. The van der Waals surface area contributed by atoms with Crippen LogP contribution in [0, 0.1) is 0 Å². The van der Waals surface area contributed by atoms with Gasteiger partial charge in [-0.05, 0) is 63.5 Å². The van der Waals surface area contributed by atoms with Gasteiger partial charge in [0.25, 0.3) is 0 Å². The van der Waals surface area contributed by atoms with Gasteiger partial charge >= 0.3 is 0 Å². The highest BCUT2D eigenvalue weighted by molar-refractivity contribution is 5.27. The molecule has 0 aliphatic carbocycles. The first-order valence-corrected chi connectivity index (χ1v) is 7.86. The van der Waals surface area contributed by atoms with E-state index in [2.05, 4.69) is 29.3 Å². The summed E-state index contributed by atoms with van der Waals surface area (Å²) >= 11 is 0. The summed E-state index contributed by atoms with van der Waals surface area (Å²) in [5.74, 6) is 0.931. The minimum Gasteiger partial charge on any atom is -0.497 e. The summed E-state index contributed by atoms with van der Waals surface area (Å²) in [5, 5.41) is 3.63. The largest absolute Gasteiger partial charge is 0.497 e. The van der Waals surface area contributed by atoms with Crippen LogP contribution in [-0.4, -0.2) is 44.2 Å². The number of piperidine rings is 1. The van der Waals surface area contributed by atoms with E-state index in [1.54, 1.807) is 7.11 Å². The summed E-state index contributed by atoms with van der Waals surface area (Å²) in [6.07, 6.45) is 5.24. The fraction of sp³-hybridized carbons (Fsp3) is 0.647. The maximum atomic E-state index is 5.18. The summed E-state index contributed by atoms with van der Waals surface area (Å²) in [7, 11) is 1.71. The molecule has 0 aromatic heterocycles. The maximum Gasteiger partial charge on any atom is 0.118 e. The maximum absolute atomic E-state index is 5.18. The molecule has 1 aliphatic rings. The molecule has 1 aromatic carbocycles. The van der Waals surface area contributed by atoms with Crippen LogP contribution in [0.5, 0.6) is 5.75 Å². The molecule has 0 amide bonds. The third-order valence-electron chi connectivity index (χ3n) is 4.05. The lowest BCUT2D eigenvalue weighted by molar-refractivity contribution is 0.209. The van der Waals surface area contributed by atoms with Gasteiger partial charge in [-0.25, -0.2) is 0 Å². The molecule has 0 radical (unpaired) electrons. The molecule has 1 saturated heterocycles. The number of benzene rings is 1. The lowest BCUT2D eigenvalue weighted by Crippen LogP contribution is -2.42. The van der Waals surface area contributed by atoms with Crippen LogP contribution in [0.4, 0.5) is 0 Å². The average Bonchev–Trinajstić information content (AvgIpc) is 2.49. The zero-order valence-electron chi connectivity index (χ0n) is 12.9. The van der Waals surface area contributed by atoms with Crippen LogP contribution in [0.3, 0.4) is 0 Å². The smallest absolute Gasteiger partial charge is 0.118 e. The third kappa shape index (κ3) is 5.14. The molecule has 1 N–H and O–H groups in total. The van der Waals surface area contributed by atoms with Gasteiger partial charge in [0.1, 0.15) is 5.75 Å². The second kappa shape index (κ2) is 8.28. The van der Waals surface area contributed by atoms with Crippen molar-refractivity contribution < 1.29 is 4.74 Å². The van der Waals surface area contributed by atoms with Crippen LogP contribution in [0.15, 0.2) is 24.3 Å². The first-order valence-electron chi connectivity index (χ1n) is 7.86. The molecule has 1 atom stereocenters. The quantitative estimate of drug-likeness (QED) is 0.828. The first kappa shape index (κ1) is 15.3. The number of ether oxygens (including phenoxy) is 1. The van der Waals surface area contributed by atoms with Crippen LogP contribution in [0.1, 0.15) is 31.7 Å². The fourth-order valence-corrected chi connectivity index (χ4v) is 2.85. The summed E-state index contributed by atoms with van der Waals surface area (Å²) in [4.78, 5) is 2.59. The Kier molecular flexibility index (Phi) is 6.34. The first-order chi connectivity index (χ1) is 9.78. The molecule has 0 saturated carbocycles. The molecule has 1 aromatic rings. The number of rotatable bonds is 7. The lowest BCUT2D eigenvalue weighted by Gasteiger charge is -2.29. The topological polar surface area (TPSA) is 24.5 Å². The van der Waals surface area contributed by atoms with Crippen molar-refractivity contribution in [2.24, 2.45) is 0 Å². The minimum atomic E-state index is 0.575. The van der Waals surface area contributed by atoms with E-state index in [9.17, 15) is 0 Å². The van der Waals surface area contributed by atoms with E-state index < -0.39 is 0 Å². The second-order valence-corrected chi connectivity index (χ2v) is 5.81. The molecule has 1 aliphatic heterocycles. The van der Waals surface area contributed by atoms with Crippen LogP contribution >= 0.6 is 0 Å². The summed E-state index contributed by atoms with van der Waals surface area (Å²) in [6.45, 7) is 7.08. The zero-order valence-corrected chi connectivity index (χ0v) is 12.9. The molecule has 0 spiro atoms. The predicted octanol–water partition coefficient (Wildman–Crippen LogP) is 2.70. The van der Waals surface area contributed by atoms with Gasteiger partial charge in [0.05, 0.1) is 7.11 Å². The van der Waals surface area contributed by atoms with Crippen molar-refractivity contribution in [1.29, 1.82) is 0 Å². The molecule has 112 valence electrons. The van der Waals surface area contributed by atoms with E-state index in [1.165, 1.54) is 44.5 Å². The minimum absolute atomic E-state index is 0.575. The molecular formula is C17H28N2O. The van der Waals surface area contributed by atoms with Crippen molar-refractivity contribution in [2.75, 3.05) is 33.3 Å². The Labute approximate surface area is 123 Å². The number of hydrogen-bond acceptors (Lipinski definition) is 3. The van der Waals surface area contributed by atoms with Gasteiger partial charge in [-0.3, -0.25) is 0 Å². The van der Waals surface area contributed by atoms with Gasteiger partial charge in [0.2, 0.25) is 0 Å². The van der Waals surface area contributed by atoms with E-state index >= 15 is 0 Å². The monoisotopic (exact) mass is 276 g/mol. The van der Waals surface area contributed by atoms with Gasteiger partial charge < -0.3 is 15.0 Å². The third-order valence-corrected chi connectivity index (χ3v) is 4.05. The number of methoxy groups -OCH3 is 1. The number of nitrogens with one attached hydrogen (secondary N) is 1. The van der Waals surface area contributed by atoms with Crippen molar-refractivity contribution in [3.63, 3.8) is 0 Å². The van der Waals surface area contributed by atoms with Gasteiger partial charge in [0.15, 0.2) is 0 Å². The fourth-order valence-electron chi connectivity index (χ4n) is 2.85. The highest BCUT2D eigenvalue weighted by Crippen LogP contribution is 2.11.